The Labute approximate surface area is 77.0 Å². The molecule has 1 saturated heterocycles. The Morgan fingerprint density at radius 2 is 2.58 bits per heavy atom. The lowest BCUT2D eigenvalue weighted by Gasteiger charge is -2.22. The smallest absolute Gasteiger partial charge is 0.0940 e. The normalized spacial score (nSPS) is 24.2. The number of thiazole rings is 1. The average molecular weight is 182 g/mol. The van der Waals surface area contributed by atoms with Gasteiger partial charge in [-0.25, -0.2) is 4.98 Å². The van der Waals surface area contributed by atoms with Gasteiger partial charge in [-0.05, 0) is 19.4 Å². The van der Waals surface area contributed by atoms with E-state index in [2.05, 4.69) is 15.7 Å². The van der Waals surface area contributed by atoms with E-state index < -0.39 is 0 Å². The third kappa shape index (κ3) is 2.05. The fourth-order valence-electron chi connectivity index (χ4n) is 1.66. The molecule has 1 aliphatic rings. The van der Waals surface area contributed by atoms with Crippen LogP contribution < -0.4 is 5.32 Å². The summed E-state index contributed by atoms with van der Waals surface area (Å²) in [5.74, 6) is 0. The van der Waals surface area contributed by atoms with Gasteiger partial charge < -0.3 is 5.32 Å². The van der Waals surface area contributed by atoms with Crippen LogP contribution in [0.25, 0.3) is 0 Å². The molecule has 2 rings (SSSR count). The Bertz CT molecular complexity index is 214. The number of nitrogens with zero attached hydrogens (tertiary/aromatic N) is 1. The van der Waals surface area contributed by atoms with Crippen LogP contribution in [-0.4, -0.2) is 17.6 Å². The molecular formula is C9H14N2S. The molecule has 1 atom stereocenters. The number of aromatic nitrogens is 1. The average Bonchev–Trinajstić information content (AvgIpc) is 2.59. The first-order chi connectivity index (χ1) is 5.95. The van der Waals surface area contributed by atoms with Gasteiger partial charge in [-0.15, -0.1) is 11.3 Å². The van der Waals surface area contributed by atoms with Gasteiger partial charge in [0, 0.05) is 24.0 Å². The third-order valence-corrected chi connectivity index (χ3v) is 3.12. The van der Waals surface area contributed by atoms with Crippen molar-refractivity contribution in [1.82, 2.24) is 10.3 Å². The van der Waals surface area contributed by atoms with Crippen LogP contribution in [0.2, 0.25) is 0 Å². The summed E-state index contributed by atoms with van der Waals surface area (Å²) in [7, 11) is 0. The van der Waals surface area contributed by atoms with Crippen molar-refractivity contribution >= 4 is 11.3 Å². The zero-order chi connectivity index (χ0) is 8.23. The van der Waals surface area contributed by atoms with Crippen LogP contribution in [0, 0.1) is 0 Å². The minimum atomic E-state index is 0.685. The highest BCUT2D eigenvalue weighted by molar-refractivity contribution is 7.09. The van der Waals surface area contributed by atoms with E-state index in [9.17, 15) is 0 Å². The molecule has 1 aliphatic heterocycles. The maximum atomic E-state index is 4.29. The Morgan fingerprint density at radius 3 is 3.25 bits per heavy atom. The van der Waals surface area contributed by atoms with Crippen molar-refractivity contribution in [1.29, 1.82) is 0 Å². The maximum absolute atomic E-state index is 4.29. The fourth-order valence-corrected chi connectivity index (χ4v) is 2.36. The first kappa shape index (κ1) is 8.20. The van der Waals surface area contributed by atoms with Gasteiger partial charge in [0.1, 0.15) is 0 Å². The van der Waals surface area contributed by atoms with Crippen molar-refractivity contribution in [2.24, 2.45) is 0 Å². The van der Waals surface area contributed by atoms with Crippen molar-refractivity contribution < 1.29 is 0 Å². The lowest BCUT2D eigenvalue weighted by molar-refractivity contribution is 0.399. The molecule has 1 aromatic rings. The van der Waals surface area contributed by atoms with Crippen LogP contribution in [0.5, 0.6) is 0 Å². The number of rotatable bonds is 2. The highest BCUT2D eigenvalue weighted by Gasteiger charge is 2.13. The van der Waals surface area contributed by atoms with E-state index in [-0.39, 0.29) is 0 Å². The SMILES string of the molecule is c1csc(C[C@@H]2CCCCN2)n1. The second-order valence-electron chi connectivity index (χ2n) is 3.28. The summed E-state index contributed by atoms with van der Waals surface area (Å²) in [5.41, 5.74) is 0. The molecule has 66 valence electrons. The van der Waals surface area contributed by atoms with Crippen LogP contribution in [0.3, 0.4) is 0 Å². The summed E-state index contributed by atoms with van der Waals surface area (Å²) in [6.07, 6.45) is 7.05. The van der Waals surface area contributed by atoms with Crippen molar-refractivity contribution in [2.45, 2.75) is 31.7 Å². The molecule has 0 saturated carbocycles. The number of piperidine rings is 1. The molecule has 12 heavy (non-hydrogen) atoms. The van der Waals surface area contributed by atoms with Gasteiger partial charge in [0.15, 0.2) is 0 Å². The molecule has 3 heteroatoms. The first-order valence-corrected chi connectivity index (χ1v) is 5.45. The molecule has 2 heterocycles. The Morgan fingerprint density at radius 1 is 1.58 bits per heavy atom. The third-order valence-electron chi connectivity index (χ3n) is 2.32. The van der Waals surface area contributed by atoms with Gasteiger partial charge in [-0.2, -0.15) is 0 Å². The van der Waals surface area contributed by atoms with Gasteiger partial charge in [0.05, 0.1) is 5.01 Å². The topological polar surface area (TPSA) is 24.9 Å². The van der Waals surface area contributed by atoms with Crippen LogP contribution in [-0.2, 0) is 6.42 Å². The predicted octanol–water partition coefficient (Wildman–Crippen LogP) is 1.83. The highest BCUT2D eigenvalue weighted by Crippen LogP contribution is 2.13. The monoisotopic (exact) mass is 182 g/mol. The van der Waals surface area contributed by atoms with E-state index in [4.69, 9.17) is 0 Å². The molecule has 2 nitrogen and oxygen atoms in total. The van der Waals surface area contributed by atoms with Crippen molar-refractivity contribution in [3.63, 3.8) is 0 Å². The van der Waals surface area contributed by atoms with E-state index in [1.165, 1.54) is 30.8 Å². The molecular weight excluding hydrogens is 168 g/mol. The molecule has 0 unspecified atom stereocenters. The molecule has 0 bridgehead atoms. The molecule has 0 amide bonds. The standard InChI is InChI=1S/C9H14N2S/c1-2-4-10-8(3-1)7-9-11-5-6-12-9/h5-6,8,10H,1-4,7H2/t8-/m0/s1. The fraction of sp³-hybridized carbons (Fsp3) is 0.667. The van der Waals surface area contributed by atoms with Crippen molar-refractivity contribution in [3.8, 4) is 0 Å². The lowest BCUT2D eigenvalue weighted by atomic mass is 10.0. The molecule has 1 fully saturated rings. The molecule has 0 spiro atoms. The van der Waals surface area contributed by atoms with Gasteiger partial charge in [-0.3, -0.25) is 0 Å². The zero-order valence-corrected chi connectivity index (χ0v) is 7.94. The Balaban J connectivity index is 1.86. The van der Waals surface area contributed by atoms with Crippen molar-refractivity contribution in [3.05, 3.63) is 16.6 Å². The molecule has 1 N–H and O–H groups in total. The summed E-state index contributed by atoms with van der Waals surface area (Å²) >= 11 is 1.77. The second kappa shape index (κ2) is 4.01. The van der Waals surface area contributed by atoms with Crippen LogP contribution in [0.1, 0.15) is 24.3 Å². The molecule has 0 aliphatic carbocycles. The highest BCUT2D eigenvalue weighted by atomic mass is 32.1. The minimum absolute atomic E-state index is 0.685. The largest absolute Gasteiger partial charge is 0.314 e. The van der Waals surface area contributed by atoms with E-state index in [1.54, 1.807) is 11.3 Å². The van der Waals surface area contributed by atoms with E-state index in [0.717, 1.165) is 6.42 Å². The van der Waals surface area contributed by atoms with Crippen molar-refractivity contribution in [2.75, 3.05) is 6.54 Å². The zero-order valence-electron chi connectivity index (χ0n) is 7.12. The van der Waals surface area contributed by atoms with Gasteiger partial charge in [0.25, 0.3) is 0 Å². The quantitative estimate of drug-likeness (QED) is 0.754. The number of nitrogens with one attached hydrogen (secondary N) is 1. The summed E-state index contributed by atoms with van der Waals surface area (Å²) < 4.78 is 0. The first-order valence-electron chi connectivity index (χ1n) is 4.57. The summed E-state index contributed by atoms with van der Waals surface area (Å²) in [5, 5.41) is 6.85. The number of hydrogen-bond donors (Lipinski definition) is 1. The summed E-state index contributed by atoms with van der Waals surface area (Å²) in [4.78, 5) is 4.29. The maximum Gasteiger partial charge on any atom is 0.0940 e. The lowest BCUT2D eigenvalue weighted by Crippen LogP contribution is -2.35. The number of hydrogen-bond acceptors (Lipinski definition) is 3. The van der Waals surface area contributed by atoms with Crippen LogP contribution in [0.15, 0.2) is 11.6 Å². The predicted molar refractivity (Wildman–Crippen MR) is 51.5 cm³/mol. The van der Waals surface area contributed by atoms with E-state index in [0.29, 0.717) is 6.04 Å². The summed E-state index contributed by atoms with van der Waals surface area (Å²) in [6.45, 7) is 1.19. The Hall–Kier alpha value is -0.410. The van der Waals surface area contributed by atoms with Gasteiger partial charge in [-0.1, -0.05) is 6.42 Å². The summed E-state index contributed by atoms with van der Waals surface area (Å²) in [6, 6.07) is 0.685. The van der Waals surface area contributed by atoms with Gasteiger partial charge >= 0.3 is 0 Å². The Kier molecular flexibility index (Phi) is 2.74. The van der Waals surface area contributed by atoms with Crippen LogP contribution >= 0.6 is 11.3 Å². The molecule has 0 aromatic carbocycles. The second-order valence-corrected chi connectivity index (χ2v) is 4.26. The molecule has 1 aromatic heterocycles. The van der Waals surface area contributed by atoms with Gasteiger partial charge in [0.2, 0.25) is 0 Å². The minimum Gasteiger partial charge on any atom is -0.314 e. The molecule has 0 radical (unpaired) electrons. The van der Waals surface area contributed by atoms with E-state index >= 15 is 0 Å². The van der Waals surface area contributed by atoms with Crippen LogP contribution in [0.4, 0.5) is 0 Å². The van der Waals surface area contributed by atoms with E-state index in [1.807, 2.05) is 6.20 Å².